The molecule has 0 radical (unpaired) electrons. The van der Waals surface area contributed by atoms with E-state index >= 15 is 0 Å². The van der Waals surface area contributed by atoms with Gasteiger partial charge in [-0.25, -0.2) is 9.37 Å². The van der Waals surface area contributed by atoms with E-state index in [0.29, 0.717) is 35.2 Å². The van der Waals surface area contributed by atoms with E-state index in [0.717, 1.165) is 35.7 Å². The minimum atomic E-state index is -0.355. The fourth-order valence-corrected chi connectivity index (χ4v) is 5.32. The molecule has 1 fully saturated rings. The zero-order valence-corrected chi connectivity index (χ0v) is 19.9. The maximum absolute atomic E-state index is 14.7. The number of β-amino-alcohol motifs (C(OH)–C–C–N with tert-alkyl or cyclic N) is 1. The smallest absolute Gasteiger partial charge is 0.140 e. The van der Waals surface area contributed by atoms with Crippen molar-refractivity contribution >= 4 is 11.6 Å². The molecule has 0 spiro atoms. The van der Waals surface area contributed by atoms with Gasteiger partial charge >= 0.3 is 0 Å². The minimum absolute atomic E-state index is 0.0476. The van der Waals surface area contributed by atoms with Gasteiger partial charge in [-0.05, 0) is 61.7 Å². The van der Waals surface area contributed by atoms with Gasteiger partial charge in [-0.1, -0.05) is 25.4 Å². The first-order valence-corrected chi connectivity index (χ1v) is 11.9. The fraction of sp³-hybridized carbons (Fsp3) is 0.423. The molecule has 0 amide bonds. The van der Waals surface area contributed by atoms with Crippen molar-refractivity contribution in [1.29, 1.82) is 0 Å². The van der Waals surface area contributed by atoms with Gasteiger partial charge in [0.15, 0.2) is 0 Å². The Bertz CT molecular complexity index is 1160. The second-order valence-corrected chi connectivity index (χ2v) is 9.90. The largest absolute Gasteiger partial charge is 0.484 e. The molecular formula is C26H29ClFN3O2. The highest BCUT2D eigenvalue weighted by Gasteiger charge is 2.42. The standard InChI is InChI=1S/C26H29ClFN3O2/c1-15(2)26-29-16(3)13-31(26)18-4-6-20(7-5-18)33-25-22-10-17(27)11-23(28)21(22)12-24(25)30-9-8-19(32)14-30/h4-7,10-11,13,15,19,24-25,32H,8-9,12,14H2,1-3H3/t19-,24+,25-/m1/s1. The SMILES string of the molecule is Cc1cn(-c2ccc(O[C@@H]3c4cc(Cl)cc(F)c4C[C@@H]3N3CC[C@@H](O)C3)cc2)c(C(C)C)n1. The van der Waals surface area contributed by atoms with E-state index in [9.17, 15) is 9.50 Å². The molecule has 2 aromatic carbocycles. The molecule has 1 aliphatic carbocycles. The molecular weight excluding hydrogens is 441 g/mol. The number of halogens is 2. The van der Waals surface area contributed by atoms with E-state index in [1.54, 1.807) is 0 Å². The number of hydrogen-bond acceptors (Lipinski definition) is 4. The predicted molar refractivity (Wildman–Crippen MR) is 127 cm³/mol. The monoisotopic (exact) mass is 469 g/mol. The van der Waals surface area contributed by atoms with Gasteiger partial charge in [0, 0.05) is 41.5 Å². The Kier molecular flexibility index (Phi) is 5.93. The van der Waals surface area contributed by atoms with E-state index in [2.05, 4.69) is 28.3 Å². The molecule has 33 heavy (non-hydrogen) atoms. The summed E-state index contributed by atoms with van der Waals surface area (Å²) in [6.45, 7) is 7.60. The van der Waals surface area contributed by atoms with Crippen LogP contribution in [0.15, 0.2) is 42.6 Å². The van der Waals surface area contributed by atoms with Crippen LogP contribution in [0.3, 0.4) is 0 Å². The summed E-state index contributed by atoms with van der Waals surface area (Å²) in [6.07, 6.45) is 2.60. The van der Waals surface area contributed by atoms with Gasteiger partial charge in [0.2, 0.25) is 0 Å². The van der Waals surface area contributed by atoms with Crippen LogP contribution < -0.4 is 4.74 Å². The van der Waals surface area contributed by atoms with Crippen LogP contribution in [0.25, 0.3) is 5.69 Å². The summed E-state index contributed by atoms with van der Waals surface area (Å²) in [6, 6.07) is 11.1. The van der Waals surface area contributed by atoms with E-state index in [4.69, 9.17) is 16.3 Å². The van der Waals surface area contributed by atoms with Gasteiger partial charge in [-0.2, -0.15) is 0 Å². The maximum atomic E-state index is 14.7. The van der Waals surface area contributed by atoms with Crippen LogP contribution in [0.4, 0.5) is 4.39 Å². The Labute approximate surface area is 198 Å². The third-order valence-corrected chi connectivity index (χ3v) is 6.89. The molecule has 1 N–H and O–H groups in total. The molecule has 5 rings (SSSR count). The number of aliphatic hydroxyl groups excluding tert-OH is 1. The minimum Gasteiger partial charge on any atom is -0.484 e. The third kappa shape index (κ3) is 4.27. The van der Waals surface area contributed by atoms with Gasteiger partial charge in [-0.15, -0.1) is 0 Å². The number of imidazole rings is 1. The van der Waals surface area contributed by atoms with Crippen molar-refractivity contribution in [2.45, 2.75) is 57.8 Å². The number of benzene rings is 2. The molecule has 1 aromatic heterocycles. The Balaban J connectivity index is 1.44. The molecule has 2 heterocycles. The van der Waals surface area contributed by atoms with Crippen molar-refractivity contribution in [2.75, 3.05) is 13.1 Å². The summed E-state index contributed by atoms with van der Waals surface area (Å²) < 4.78 is 23.3. The van der Waals surface area contributed by atoms with Crippen LogP contribution in [0.1, 0.15) is 54.9 Å². The van der Waals surface area contributed by atoms with Gasteiger partial charge in [0.1, 0.15) is 23.5 Å². The number of aliphatic hydroxyl groups is 1. The molecule has 0 bridgehead atoms. The van der Waals surface area contributed by atoms with Crippen molar-refractivity contribution in [3.63, 3.8) is 0 Å². The summed E-state index contributed by atoms with van der Waals surface area (Å²) in [5.74, 6) is 1.74. The molecule has 0 saturated carbocycles. The average molecular weight is 470 g/mol. The highest BCUT2D eigenvalue weighted by atomic mass is 35.5. The van der Waals surface area contributed by atoms with Gasteiger partial charge in [-0.3, -0.25) is 4.90 Å². The summed E-state index contributed by atoms with van der Waals surface area (Å²) in [7, 11) is 0. The molecule has 2 aliphatic rings. The Morgan fingerprint density at radius 3 is 2.64 bits per heavy atom. The molecule has 7 heteroatoms. The van der Waals surface area contributed by atoms with E-state index in [1.165, 1.54) is 6.07 Å². The van der Waals surface area contributed by atoms with Crippen LogP contribution in [-0.2, 0) is 6.42 Å². The number of aryl methyl sites for hydroxylation is 1. The first-order valence-electron chi connectivity index (χ1n) is 11.5. The predicted octanol–water partition coefficient (Wildman–Crippen LogP) is 5.21. The van der Waals surface area contributed by atoms with Crippen molar-refractivity contribution in [2.24, 2.45) is 0 Å². The molecule has 0 unspecified atom stereocenters. The van der Waals surface area contributed by atoms with Crippen LogP contribution >= 0.6 is 11.6 Å². The summed E-state index contributed by atoms with van der Waals surface area (Å²) >= 11 is 6.20. The molecule has 5 nitrogen and oxygen atoms in total. The third-order valence-electron chi connectivity index (χ3n) is 6.68. The maximum Gasteiger partial charge on any atom is 0.140 e. The van der Waals surface area contributed by atoms with E-state index < -0.39 is 0 Å². The van der Waals surface area contributed by atoms with Crippen molar-refractivity contribution in [1.82, 2.24) is 14.5 Å². The number of likely N-dealkylation sites (tertiary alicyclic amines) is 1. The molecule has 174 valence electrons. The highest BCUT2D eigenvalue weighted by Crippen LogP contribution is 2.41. The van der Waals surface area contributed by atoms with Crippen molar-refractivity contribution in [3.8, 4) is 11.4 Å². The van der Waals surface area contributed by atoms with E-state index in [-0.39, 0.29) is 24.1 Å². The molecule has 1 aliphatic heterocycles. The van der Waals surface area contributed by atoms with Crippen LogP contribution in [-0.4, -0.2) is 44.8 Å². The lowest BCUT2D eigenvalue weighted by Gasteiger charge is -2.30. The summed E-state index contributed by atoms with van der Waals surface area (Å²) in [5, 5.41) is 10.4. The normalized spacial score (nSPS) is 22.8. The van der Waals surface area contributed by atoms with E-state index in [1.807, 2.05) is 43.5 Å². The fourth-order valence-electron chi connectivity index (χ4n) is 5.11. The number of rotatable bonds is 5. The second kappa shape index (κ2) is 8.75. The van der Waals surface area contributed by atoms with Crippen LogP contribution in [0.5, 0.6) is 5.75 Å². The summed E-state index contributed by atoms with van der Waals surface area (Å²) in [5.41, 5.74) is 3.45. The highest BCUT2D eigenvalue weighted by molar-refractivity contribution is 6.30. The van der Waals surface area contributed by atoms with Gasteiger partial charge in [0.25, 0.3) is 0 Å². The lowest BCUT2D eigenvalue weighted by Crippen LogP contribution is -2.39. The first-order chi connectivity index (χ1) is 15.8. The quantitative estimate of drug-likeness (QED) is 0.557. The molecule has 1 saturated heterocycles. The lowest BCUT2D eigenvalue weighted by atomic mass is 10.1. The Morgan fingerprint density at radius 2 is 1.97 bits per heavy atom. The topological polar surface area (TPSA) is 50.5 Å². The van der Waals surface area contributed by atoms with Crippen LogP contribution in [0.2, 0.25) is 5.02 Å². The Morgan fingerprint density at radius 1 is 1.21 bits per heavy atom. The lowest BCUT2D eigenvalue weighted by molar-refractivity contribution is 0.0818. The first kappa shape index (κ1) is 22.4. The number of hydrogen-bond donors (Lipinski definition) is 1. The molecule has 3 aromatic rings. The summed E-state index contributed by atoms with van der Waals surface area (Å²) in [4.78, 5) is 6.86. The van der Waals surface area contributed by atoms with Gasteiger partial charge < -0.3 is 14.4 Å². The zero-order chi connectivity index (χ0) is 23.3. The second-order valence-electron chi connectivity index (χ2n) is 9.46. The zero-order valence-electron chi connectivity index (χ0n) is 19.1. The van der Waals surface area contributed by atoms with Crippen molar-refractivity contribution in [3.05, 3.63) is 76.1 Å². The van der Waals surface area contributed by atoms with Crippen LogP contribution in [0, 0.1) is 12.7 Å². The molecule has 3 atom stereocenters. The Hall–Kier alpha value is -2.41. The number of nitrogens with zero attached hydrogens (tertiary/aromatic N) is 3. The van der Waals surface area contributed by atoms with Crippen molar-refractivity contribution < 1.29 is 14.2 Å². The van der Waals surface area contributed by atoms with Gasteiger partial charge in [0.05, 0.1) is 17.8 Å². The number of ether oxygens (including phenoxy) is 1. The number of fused-ring (bicyclic) bond motifs is 1. The number of aromatic nitrogens is 2. The average Bonchev–Trinajstić information content (AvgIpc) is 3.46.